The number of likely N-dealkylation sites (tertiary alicyclic amines) is 1. The number of rotatable bonds is 3. The second-order valence-electron chi connectivity index (χ2n) is 5.68. The molecule has 1 heterocycles. The maximum Gasteiger partial charge on any atom is 0.416 e. The van der Waals surface area contributed by atoms with Crippen molar-refractivity contribution in [1.82, 2.24) is 4.90 Å². The highest BCUT2D eigenvalue weighted by molar-refractivity contribution is 5.78. The van der Waals surface area contributed by atoms with Crippen LogP contribution in [-0.2, 0) is 17.5 Å². The van der Waals surface area contributed by atoms with Gasteiger partial charge in [-0.2, -0.15) is 13.2 Å². The van der Waals surface area contributed by atoms with Gasteiger partial charge in [-0.1, -0.05) is 26.0 Å². The predicted octanol–water partition coefficient (Wildman–Crippen LogP) is 3.71. The molecule has 20 heavy (non-hydrogen) atoms. The van der Waals surface area contributed by atoms with Crippen LogP contribution in [0.1, 0.15) is 31.4 Å². The Morgan fingerprint density at radius 2 is 2.05 bits per heavy atom. The van der Waals surface area contributed by atoms with E-state index < -0.39 is 11.7 Å². The first-order valence-electron chi connectivity index (χ1n) is 6.71. The summed E-state index contributed by atoms with van der Waals surface area (Å²) in [6.45, 7) is 5.01. The van der Waals surface area contributed by atoms with E-state index in [1.807, 2.05) is 0 Å². The number of benzene rings is 1. The standard InChI is InChI=1S/C15H18F3NO/c1-10(2)12-7-14(20)19(9-12)8-11-4-3-5-13(6-11)15(16,17)18/h3-6,10,12H,7-9H2,1-2H3. The van der Waals surface area contributed by atoms with E-state index in [-0.39, 0.29) is 12.5 Å². The van der Waals surface area contributed by atoms with Gasteiger partial charge in [0.1, 0.15) is 0 Å². The summed E-state index contributed by atoms with van der Waals surface area (Å²) in [6.07, 6.45) is -3.85. The highest BCUT2D eigenvalue weighted by atomic mass is 19.4. The van der Waals surface area contributed by atoms with E-state index in [0.29, 0.717) is 30.4 Å². The Hall–Kier alpha value is -1.52. The van der Waals surface area contributed by atoms with E-state index >= 15 is 0 Å². The van der Waals surface area contributed by atoms with E-state index in [1.165, 1.54) is 6.07 Å². The van der Waals surface area contributed by atoms with Crippen LogP contribution in [0, 0.1) is 11.8 Å². The zero-order valence-electron chi connectivity index (χ0n) is 11.6. The molecule has 5 heteroatoms. The van der Waals surface area contributed by atoms with Gasteiger partial charge in [0.05, 0.1) is 5.56 Å². The first-order valence-corrected chi connectivity index (χ1v) is 6.71. The molecule has 0 aromatic heterocycles. The monoisotopic (exact) mass is 285 g/mol. The summed E-state index contributed by atoms with van der Waals surface area (Å²) in [5, 5.41) is 0. The average Bonchev–Trinajstić information content (AvgIpc) is 2.70. The van der Waals surface area contributed by atoms with Gasteiger partial charge in [0, 0.05) is 19.5 Å². The Morgan fingerprint density at radius 1 is 1.35 bits per heavy atom. The highest BCUT2D eigenvalue weighted by Crippen LogP contribution is 2.31. The topological polar surface area (TPSA) is 20.3 Å². The van der Waals surface area contributed by atoms with Crippen molar-refractivity contribution in [2.75, 3.05) is 6.54 Å². The lowest BCUT2D eigenvalue weighted by atomic mass is 9.95. The number of amides is 1. The van der Waals surface area contributed by atoms with Crippen LogP contribution in [0.3, 0.4) is 0 Å². The fourth-order valence-corrected chi connectivity index (χ4v) is 2.47. The molecule has 1 amide bonds. The van der Waals surface area contributed by atoms with Crippen molar-refractivity contribution in [3.63, 3.8) is 0 Å². The second kappa shape index (κ2) is 5.46. The van der Waals surface area contributed by atoms with Gasteiger partial charge < -0.3 is 4.90 Å². The maximum atomic E-state index is 12.6. The molecular formula is C15H18F3NO. The van der Waals surface area contributed by atoms with Crippen LogP contribution in [0.4, 0.5) is 13.2 Å². The summed E-state index contributed by atoms with van der Waals surface area (Å²) in [5.41, 5.74) is -0.139. The second-order valence-corrected chi connectivity index (χ2v) is 5.68. The number of nitrogens with zero attached hydrogens (tertiary/aromatic N) is 1. The van der Waals surface area contributed by atoms with Crippen molar-refractivity contribution < 1.29 is 18.0 Å². The van der Waals surface area contributed by atoms with Crippen LogP contribution in [0.5, 0.6) is 0 Å². The van der Waals surface area contributed by atoms with Gasteiger partial charge in [-0.15, -0.1) is 0 Å². The molecule has 0 bridgehead atoms. The van der Waals surface area contributed by atoms with Gasteiger partial charge >= 0.3 is 6.18 Å². The van der Waals surface area contributed by atoms with Gasteiger partial charge in [-0.3, -0.25) is 4.79 Å². The Kier molecular flexibility index (Phi) is 4.06. The molecule has 0 N–H and O–H groups in total. The van der Waals surface area contributed by atoms with E-state index in [4.69, 9.17) is 0 Å². The van der Waals surface area contributed by atoms with Crippen LogP contribution in [0.25, 0.3) is 0 Å². The van der Waals surface area contributed by atoms with Crippen LogP contribution >= 0.6 is 0 Å². The summed E-state index contributed by atoms with van der Waals surface area (Å²) in [4.78, 5) is 13.5. The molecule has 1 aromatic rings. The van der Waals surface area contributed by atoms with Gasteiger partial charge in [-0.25, -0.2) is 0 Å². The highest BCUT2D eigenvalue weighted by Gasteiger charge is 2.33. The molecule has 1 unspecified atom stereocenters. The minimum atomic E-state index is -4.34. The molecule has 1 fully saturated rings. The summed E-state index contributed by atoms with van der Waals surface area (Å²) >= 11 is 0. The lowest BCUT2D eigenvalue weighted by molar-refractivity contribution is -0.137. The third-order valence-electron chi connectivity index (χ3n) is 3.81. The Labute approximate surface area is 116 Å². The summed E-state index contributed by atoms with van der Waals surface area (Å²) in [7, 11) is 0. The van der Waals surface area contributed by atoms with Gasteiger partial charge in [0.2, 0.25) is 5.91 Å². The molecule has 1 aliphatic rings. The molecule has 1 saturated heterocycles. The molecule has 0 spiro atoms. The van der Waals surface area contributed by atoms with E-state index in [0.717, 1.165) is 12.1 Å². The molecule has 1 atom stereocenters. The molecule has 0 aliphatic carbocycles. The third-order valence-corrected chi connectivity index (χ3v) is 3.81. The molecule has 2 rings (SSSR count). The number of hydrogen-bond donors (Lipinski definition) is 0. The van der Waals surface area contributed by atoms with Gasteiger partial charge in [0.25, 0.3) is 0 Å². The summed E-state index contributed by atoms with van der Waals surface area (Å²) < 4.78 is 37.9. The van der Waals surface area contributed by atoms with Crippen LogP contribution < -0.4 is 0 Å². The quantitative estimate of drug-likeness (QED) is 0.829. The number of halogens is 3. The Morgan fingerprint density at radius 3 is 2.60 bits per heavy atom. The predicted molar refractivity (Wildman–Crippen MR) is 69.8 cm³/mol. The molecule has 0 saturated carbocycles. The maximum absolute atomic E-state index is 12.6. The zero-order valence-corrected chi connectivity index (χ0v) is 11.6. The zero-order chi connectivity index (χ0) is 14.9. The largest absolute Gasteiger partial charge is 0.416 e. The van der Waals surface area contributed by atoms with Crippen molar-refractivity contribution in [2.45, 2.75) is 33.0 Å². The molecular weight excluding hydrogens is 267 g/mol. The van der Waals surface area contributed by atoms with Crippen molar-refractivity contribution in [3.05, 3.63) is 35.4 Å². The van der Waals surface area contributed by atoms with E-state index in [9.17, 15) is 18.0 Å². The number of alkyl halides is 3. The first kappa shape index (κ1) is 14.9. The van der Waals surface area contributed by atoms with E-state index in [1.54, 1.807) is 11.0 Å². The lowest BCUT2D eigenvalue weighted by Crippen LogP contribution is -2.25. The van der Waals surface area contributed by atoms with Crippen LogP contribution in [0.2, 0.25) is 0 Å². The van der Waals surface area contributed by atoms with Crippen LogP contribution in [-0.4, -0.2) is 17.4 Å². The summed E-state index contributed by atoms with van der Waals surface area (Å²) in [6, 6.07) is 5.19. The van der Waals surface area contributed by atoms with Crippen molar-refractivity contribution >= 4 is 5.91 Å². The van der Waals surface area contributed by atoms with E-state index in [2.05, 4.69) is 13.8 Å². The minimum Gasteiger partial charge on any atom is -0.338 e. The SMILES string of the molecule is CC(C)C1CC(=O)N(Cc2cccc(C(F)(F)F)c2)C1. The van der Waals surface area contributed by atoms with Crippen molar-refractivity contribution in [3.8, 4) is 0 Å². The normalized spacial score (nSPS) is 20.0. The van der Waals surface area contributed by atoms with Crippen molar-refractivity contribution in [2.24, 2.45) is 11.8 Å². The number of carbonyl (C=O) groups excluding carboxylic acids is 1. The third kappa shape index (κ3) is 3.32. The number of carbonyl (C=O) groups is 1. The summed E-state index contributed by atoms with van der Waals surface area (Å²) in [5.74, 6) is 0.736. The minimum absolute atomic E-state index is 0.0288. The molecule has 2 nitrogen and oxygen atoms in total. The van der Waals surface area contributed by atoms with Gasteiger partial charge in [-0.05, 0) is 29.5 Å². The molecule has 0 radical (unpaired) electrons. The first-order chi connectivity index (χ1) is 9.27. The fraction of sp³-hybridized carbons (Fsp3) is 0.533. The average molecular weight is 285 g/mol. The molecule has 1 aliphatic heterocycles. The lowest BCUT2D eigenvalue weighted by Gasteiger charge is -2.19. The molecule has 110 valence electrons. The van der Waals surface area contributed by atoms with Gasteiger partial charge in [0.15, 0.2) is 0 Å². The Balaban J connectivity index is 2.09. The smallest absolute Gasteiger partial charge is 0.338 e. The molecule has 1 aromatic carbocycles. The number of hydrogen-bond acceptors (Lipinski definition) is 1. The van der Waals surface area contributed by atoms with Crippen molar-refractivity contribution in [1.29, 1.82) is 0 Å². The Bertz CT molecular complexity index is 496. The van der Waals surface area contributed by atoms with Crippen LogP contribution in [0.15, 0.2) is 24.3 Å². The fourth-order valence-electron chi connectivity index (χ4n) is 2.47.